The summed E-state index contributed by atoms with van der Waals surface area (Å²) in [5, 5.41) is 10.3. The van der Waals surface area contributed by atoms with Crippen molar-refractivity contribution < 1.29 is 24.1 Å². The van der Waals surface area contributed by atoms with Gasteiger partial charge >= 0.3 is 5.97 Å². The highest BCUT2D eigenvalue weighted by molar-refractivity contribution is 5.81. The predicted octanol–water partition coefficient (Wildman–Crippen LogP) is 3.11. The van der Waals surface area contributed by atoms with Crippen molar-refractivity contribution in [1.82, 2.24) is 0 Å². The number of ether oxygens (including phenoxy) is 3. The van der Waals surface area contributed by atoms with Crippen LogP contribution in [-0.2, 0) is 20.9 Å². The fourth-order valence-corrected chi connectivity index (χ4v) is 2.05. The molecule has 5 nitrogen and oxygen atoms in total. The van der Waals surface area contributed by atoms with Gasteiger partial charge in [0.05, 0.1) is 33.0 Å². The number of benzene rings is 1. The molecule has 24 heavy (non-hydrogen) atoms. The standard InChI is InChI=1S/C19H28O5/c1-5-24-18(21)8-6-7-17(20)19(2,3)14-23-13-15-9-11-16(22-4)12-10-15/h6,8-12,17,20H,5,7,13-14H2,1-4H3/b8-6+/t17-/m1/s1. The Balaban J connectivity index is 2.39. The van der Waals surface area contributed by atoms with Crippen molar-refractivity contribution in [3.63, 3.8) is 0 Å². The smallest absolute Gasteiger partial charge is 0.330 e. The molecule has 0 saturated heterocycles. The van der Waals surface area contributed by atoms with Gasteiger partial charge in [-0.3, -0.25) is 0 Å². The number of rotatable bonds is 10. The van der Waals surface area contributed by atoms with E-state index >= 15 is 0 Å². The molecule has 134 valence electrons. The summed E-state index contributed by atoms with van der Waals surface area (Å²) < 4.78 is 15.6. The van der Waals surface area contributed by atoms with Crippen molar-refractivity contribution in [3.05, 3.63) is 42.0 Å². The van der Waals surface area contributed by atoms with Crippen LogP contribution in [0, 0.1) is 5.41 Å². The van der Waals surface area contributed by atoms with E-state index in [4.69, 9.17) is 14.2 Å². The topological polar surface area (TPSA) is 65.0 Å². The summed E-state index contributed by atoms with van der Waals surface area (Å²) in [4.78, 5) is 11.2. The van der Waals surface area contributed by atoms with Gasteiger partial charge in [0.2, 0.25) is 0 Å². The molecule has 5 heteroatoms. The minimum atomic E-state index is -0.612. The second-order valence-corrected chi connectivity index (χ2v) is 6.24. The number of aliphatic hydroxyl groups is 1. The van der Waals surface area contributed by atoms with Crippen molar-refractivity contribution >= 4 is 5.97 Å². The second kappa shape index (κ2) is 10.1. The first-order valence-electron chi connectivity index (χ1n) is 8.11. The summed E-state index contributed by atoms with van der Waals surface area (Å²) in [6.07, 6.45) is 2.74. The molecule has 0 saturated carbocycles. The third-order valence-corrected chi connectivity index (χ3v) is 3.70. The zero-order valence-corrected chi connectivity index (χ0v) is 15.0. The largest absolute Gasteiger partial charge is 0.497 e. The number of hydrogen-bond acceptors (Lipinski definition) is 5. The van der Waals surface area contributed by atoms with Crippen LogP contribution in [-0.4, -0.2) is 37.5 Å². The van der Waals surface area contributed by atoms with Gasteiger partial charge in [-0.1, -0.05) is 32.1 Å². The van der Waals surface area contributed by atoms with E-state index in [1.807, 2.05) is 38.1 Å². The first kappa shape index (κ1) is 20.2. The SMILES string of the molecule is CCOC(=O)/C=C/C[C@@H](O)C(C)(C)COCc1ccc(OC)cc1. The molecule has 0 heterocycles. The van der Waals surface area contributed by atoms with E-state index in [2.05, 4.69) is 0 Å². The van der Waals surface area contributed by atoms with E-state index in [1.165, 1.54) is 6.08 Å². The number of esters is 1. The summed E-state index contributed by atoms with van der Waals surface area (Å²) in [6, 6.07) is 7.67. The van der Waals surface area contributed by atoms with Crippen LogP contribution in [0.5, 0.6) is 5.75 Å². The van der Waals surface area contributed by atoms with Crippen molar-refractivity contribution in [2.75, 3.05) is 20.3 Å². The van der Waals surface area contributed by atoms with Gasteiger partial charge in [-0.2, -0.15) is 0 Å². The van der Waals surface area contributed by atoms with Crippen molar-refractivity contribution in [3.8, 4) is 5.75 Å². The molecule has 1 rings (SSSR count). The van der Waals surface area contributed by atoms with Gasteiger partial charge in [-0.05, 0) is 31.0 Å². The number of aliphatic hydroxyl groups excluding tert-OH is 1. The average Bonchev–Trinajstić information content (AvgIpc) is 2.55. The lowest BCUT2D eigenvalue weighted by Crippen LogP contribution is -2.33. The molecule has 0 aliphatic carbocycles. The maximum Gasteiger partial charge on any atom is 0.330 e. The Hall–Kier alpha value is -1.85. The van der Waals surface area contributed by atoms with Crippen molar-refractivity contribution in [2.24, 2.45) is 5.41 Å². The number of carbonyl (C=O) groups is 1. The van der Waals surface area contributed by atoms with Gasteiger partial charge in [0.1, 0.15) is 5.75 Å². The highest BCUT2D eigenvalue weighted by Crippen LogP contribution is 2.24. The number of hydrogen-bond donors (Lipinski definition) is 1. The summed E-state index contributed by atoms with van der Waals surface area (Å²) in [5.41, 5.74) is 0.620. The van der Waals surface area contributed by atoms with Crippen LogP contribution in [0.3, 0.4) is 0 Å². The Morgan fingerprint density at radius 2 is 1.96 bits per heavy atom. The Morgan fingerprint density at radius 3 is 2.54 bits per heavy atom. The predicted molar refractivity (Wildman–Crippen MR) is 92.8 cm³/mol. The maximum absolute atomic E-state index is 11.2. The first-order chi connectivity index (χ1) is 11.4. The van der Waals surface area contributed by atoms with Gasteiger partial charge in [0.25, 0.3) is 0 Å². The molecule has 0 aliphatic heterocycles. The van der Waals surface area contributed by atoms with Crippen LogP contribution in [0.4, 0.5) is 0 Å². The zero-order chi connectivity index (χ0) is 18.0. The van der Waals surface area contributed by atoms with Gasteiger partial charge in [-0.25, -0.2) is 4.79 Å². The monoisotopic (exact) mass is 336 g/mol. The van der Waals surface area contributed by atoms with Gasteiger partial charge in [0, 0.05) is 11.5 Å². The molecule has 1 aromatic rings. The van der Waals surface area contributed by atoms with E-state index in [-0.39, 0.29) is 0 Å². The van der Waals surface area contributed by atoms with E-state index < -0.39 is 17.5 Å². The lowest BCUT2D eigenvalue weighted by atomic mass is 9.85. The minimum absolute atomic E-state index is 0.344. The van der Waals surface area contributed by atoms with Crippen LogP contribution in [0.25, 0.3) is 0 Å². The fraction of sp³-hybridized carbons (Fsp3) is 0.526. The number of methoxy groups -OCH3 is 1. The van der Waals surface area contributed by atoms with Gasteiger partial charge in [0.15, 0.2) is 0 Å². The van der Waals surface area contributed by atoms with Crippen LogP contribution in [0.1, 0.15) is 32.8 Å². The molecule has 0 unspecified atom stereocenters. The molecule has 0 aromatic heterocycles. The molecule has 0 fully saturated rings. The van der Waals surface area contributed by atoms with Crippen LogP contribution in [0.2, 0.25) is 0 Å². The molecule has 1 atom stereocenters. The summed E-state index contributed by atoms with van der Waals surface area (Å²) in [6.45, 7) is 6.85. The third kappa shape index (κ3) is 7.15. The molecule has 0 radical (unpaired) electrons. The normalized spacial score (nSPS) is 13.0. The lowest BCUT2D eigenvalue weighted by Gasteiger charge is -2.29. The molecule has 0 spiro atoms. The Bertz CT molecular complexity index is 519. The molecular formula is C19H28O5. The third-order valence-electron chi connectivity index (χ3n) is 3.70. The van der Waals surface area contributed by atoms with Crippen LogP contribution >= 0.6 is 0 Å². The van der Waals surface area contributed by atoms with E-state index in [0.29, 0.717) is 26.2 Å². The zero-order valence-electron chi connectivity index (χ0n) is 15.0. The summed E-state index contributed by atoms with van der Waals surface area (Å²) in [5.74, 6) is 0.418. The van der Waals surface area contributed by atoms with Crippen molar-refractivity contribution in [1.29, 1.82) is 0 Å². The van der Waals surface area contributed by atoms with E-state index in [0.717, 1.165) is 11.3 Å². The molecular weight excluding hydrogens is 308 g/mol. The second-order valence-electron chi connectivity index (χ2n) is 6.24. The van der Waals surface area contributed by atoms with E-state index in [1.54, 1.807) is 20.1 Å². The first-order valence-corrected chi connectivity index (χ1v) is 8.11. The highest BCUT2D eigenvalue weighted by Gasteiger charge is 2.27. The maximum atomic E-state index is 11.2. The molecule has 0 aliphatic rings. The molecule has 0 bridgehead atoms. The molecule has 1 aromatic carbocycles. The summed E-state index contributed by atoms with van der Waals surface area (Å²) in [7, 11) is 1.63. The molecule has 0 amide bonds. The Labute approximate surface area is 144 Å². The fourth-order valence-electron chi connectivity index (χ4n) is 2.05. The lowest BCUT2D eigenvalue weighted by molar-refractivity contribution is -0.137. The Morgan fingerprint density at radius 1 is 1.29 bits per heavy atom. The quantitative estimate of drug-likeness (QED) is 0.525. The van der Waals surface area contributed by atoms with Crippen molar-refractivity contribution in [2.45, 2.75) is 39.9 Å². The Kier molecular flexibility index (Phi) is 8.50. The summed E-state index contributed by atoms with van der Waals surface area (Å²) >= 11 is 0. The van der Waals surface area contributed by atoms with E-state index in [9.17, 15) is 9.90 Å². The number of carbonyl (C=O) groups excluding carboxylic acids is 1. The van der Waals surface area contributed by atoms with Gasteiger partial charge in [-0.15, -0.1) is 0 Å². The molecule has 1 N–H and O–H groups in total. The van der Waals surface area contributed by atoms with Crippen LogP contribution in [0.15, 0.2) is 36.4 Å². The van der Waals surface area contributed by atoms with Gasteiger partial charge < -0.3 is 19.3 Å². The highest BCUT2D eigenvalue weighted by atomic mass is 16.5. The average molecular weight is 336 g/mol. The van der Waals surface area contributed by atoms with Crippen LogP contribution < -0.4 is 4.74 Å². The minimum Gasteiger partial charge on any atom is -0.497 e.